The van der Waals surface area contributed by atoms with E-state index in [1.54, 1.807) is 24.3 Å². The van der Waals surface area contributed by atoms with E-state index >= 15 is 0 Å². The highest BCUT2D eigenvalue weighted by Crippen LogP contribution is 2.28. The predicted molar refractivity (Wildman–Crippen MR) is 116 cm³/mol. The van der Waals surface area contributed by atoms with Crippen LogP contribution in [-0.2, 0) is 0 Å². The summed E-state index contributed by atoms with van der Waals surface area (Å²) < 4.78 is 5.63. The van der Waals surface area contributed by atoms with E-state index < -0.39 is 10.8 Å². The Balaban J connectivity index is 1.64. The molecule has 31 heavy (non-hydrogen) atoms. The van der Waals surface area contributed by atoms with Gasteiger partial charge in [0.25, 0.3) is 11.6 Å². The molecule has 0 fully saturated rings. The Morgan fingerprint density at radius 3 is 2.48 bits per heavy atom. The summed E-state index contributed by atoms with van der Waals surface area (Å²) >= 11 is 11.7. The zero-order valence-electron chi connectivity index (χ0n) is 15.6. The average Bonchev–Trinajstić information content (AvgIpc) is 2.76. The molecule has 0 aliphatic carbocycles. The summed E-state index contributed by atoms with van der Waals surface area (Å²) in [6.07, 6.45) is 1.44. The summed E-state index contributed by atoms with van der Waals surface area (Å²) in [6, 6.07) is 16.8. The maximum atomic E-state index is 12.1. The molecule has 0 radical (unpaired) electrons. The number of halogens is 2. The Hall–Kier alpha value is -3.93. The van der Waals surface area contributed by atoms with Crippen molar-refractivity contribution in [2.24, 2.45) is 5.10 Å². The summed E-state index contributed by atoms with van der Waals surface area (Å²) in [7, 11) is 0. The minimum Gasteiger partial charge on any atom is -0.456 e. The lowest BCUT2D eigenvalue weighted by Crippen LogP contribution is -2.17. The molecule has 0 aliphatic heterocycles. The molecular weight excluding hydrogens is 443 g/mol. The van der Waals surface area contributed by atoms with Crippen LogP contribution in [0.2, 0.25) is 10.0 Å². The van der Waals surface area contributed by atoms with Crippen molar-refractivity contribution in [3.05, 3.63) is 97.5 Å². The van der Waals surface area contributed by atoms with Gasteiger partial charge in [0.2, 0.25) is 0 Å². The molecule has 3 aromatic rings. The molecule has 0 heterocycles. The number of carbonyl (C=O) groups is 1. The van der Waals surface area contributed by atoms with Crippen molar-refractivity contribution < 1.29 is 14.5 Å². The normalized spacial score (nSPS) is 10.5. The highest BCUT2D eigenvalue weighted by Gasteiger charge is 2.12. The molecule has 1 N–H and O–H groups in total. The molecular formula is C21H12Cl2N4O4. The first-order valence-electron chi connectivity index (χ1n) is 8.62. The second-order valence-electron chi connectivity index (χ2n) is 6.05. The second kappa shape index (κ2) is 9.71. The van der Waals surface area contributed by atoms with E-state index in [4.69, 9.17) is 27.9 Å². The van der Waals surface area contributed by atoms with Crippen molar-refractivity contribution in [3.63, 3.8) is 0 Å². The molecule has 154 valence electrons. The Kier molecular flexibility index (Phi) is 6.82. The van der Waals surface area contributed by atoms with Gasteiger partial charge in [-0.3, -0.25) is 14.9 Å². The number of hydrogen-bond acceptors (Lipinski definition) is 6. The van der Waals surface area contributed by atoms with Crippen LogP contribution in [0.3, 0.4) is 0 Å². The van der Waals surface area contributed by atoms with Gasteiger partial charge in [0, 0.05) is 17.7 Å². The van der Waals surface area contributed by atoms with Crippen LogP contribution in [0.4, 0.5) is 5.69 Å². The lowest BCUT2D eigenvalue weighted by atomic mass is 10.2. The lowest BCUT2D eigenvalue weighted by Gasteiger charge is -2.07. The van der Waals surface area contributed by atoms with Gasteiger partial charge in [0.1, 0.15) is 23.1 Å². The Bertz CT molecular complexity index is 1220. The number of nitro benzene ring substituents is 1. The van der Waals surface area contributed by atoms with Crippen molar-refractivity contribution >= 4 is 41.0 Å². The molecule has 0 aliphatic rings. The number of non-ortho nitro benzene ring substituents is 1. The molecule has 3 aromatic carbocycles. The smallest absolute Gasteiger partial charge is 0.271 e. The van der Waals surface area contributed by atoms with Crippen LogP contribution >= 0.6 is 23.2 Å². The standard InChI is InChI=1S/C21H12Cl2N4O4/c22-18-7-3-14(10-19(18)23)21(28)26-25-12-13-1-5-17(6-2-13)31-20-8-4-16(27(29)30)9-15(20)11-24/h1-10,12H,(H,26,28). The number of ether oxygens (including phenoxy) is 1. The van der Waals surface area contributed by atoms with E-state index in [-0.39, 0.29) is 22.0 Å². The van der Waals surface area contributed by atoms with Crippen molar-refractivity contribution in [3.8, 4) is 17.6 Å². The van der Waals surface area contributed by atoms with Gasteiger partial charge < -0.3 is 4.74 Å². The van der Waals surface area contributed by atoms with Gasteiger partial charge in [0.05, 0.1) is 21.2 Å². The number of nitro groups is 1. The van der Waals surface area contributed by atoms with E-state index in [0.29, 0.717) is 21.9 Å². The van der Waals surface area contributed by atoms with Crippen molar-refractivity contribution in [2.45, 2.75) is 0 Å². The summed E-state index contributed by atoms with van der Waals surface area (Å²) in [6.45, 7) is 0. The van der Waals surface area contributed by atoms with Gasteiger partial charge in [-0.25, -0.2) is 5.43 Å². The van der Waals surface area contributed by atoms with Crippen LogP contribution in [0.15, 0.2) is 65.8 Å². The van der Waals surface area contributed by atoms with Gasteiger partial charge in [-0.1, -0.05) is 23.2 Å². The minimum absolute atomic E-state index is 0.0462. The van der Waals surface area contributed by atoms with Crippen molar-refractivity contribution in [2.75, 3.05) is 0 Å². The van der Waals surface area contributed by atoms with E-state index in [9.17, 15) is 20.2 Å². The van der Waals surface area contributed by atoms with E-state index in [2.05, 4.69) is 10.5 Å². The number of nitriles is 1. The fourth-order valence-corrected chi connectivity index (χ4v) is 2.72. The lowest BCUT2D eigenvalue weighted by molar-refractivity contribution is -0.384. The quantitative estimate of drug-likeness (QED) is 0.306. The largest absolute Gasteiger partial charge is 0.456 e. The predicted octanol–water partition coefficient (Wildman–Crippen LogP) is 5.33. The van der Waals surface area contributed by atoms with Gasteiger partial charge in [0.15, 0.2) is 0 Å². The minimum atomic E-state index is -0.584. The topological polar surface area (TPSA) is 118 Å². The molecule has 0 aromatic heterocycles. The molecule has 8 nitrogen and oxygen atoms in total. The van der Waals surface area contributed by atoms with Crippen LogP contribution < -0.4 is 10.2 Å². The summed E-state index contributed by atoms with van der Waals surface area (Å²) in [5.41, 5.74) is 3.22. The number of nitrogens with zero attached hydrogens (tertiary/aromatic N) is 3. The fourth-order valence-electron chi connectivity index (χ4n) is 2.42. The maximum absolute atomic E-state index is 12.1. The highest BCUT2D eigenvalue weighted by atomic mass is 35.5. The molecule has 0 saturated carbocycles. The molecule has 0 saturated heterocycles. The summed E-state index contributed by atoms with van der Waals surface area (Å²) in [4.78, 5) is 22.3. The first-order valence-corrected chi connectivity index (χ1v) is 9.38. The number of carbonyl (C=O) groups excluding carboxylic acids is 1. The number of nitrogens with one attached hydrogen (secondary N) is 1. The first kappa shape index (κ1) is 21.8. The monoisotopic (exact) mass is 454 g/mol. The van der Waals surface area contributed by atoms with Crippen LogP contribution in [0.25, 0.3) is 0 Å². The van der Waals surface area contributed by atoms with E-state index in [1.807, 2.05) is 6.07 Å². The van der Waals surface area contributed by atoms with Gasteiger partial charge >= 0.3 is 0 Å². The molecule has 0 unspecified atom stereocenters. The van der Waals surface area contributed by atoms with Crippen molar-refractivity contribution in [1.82, 2.24) is 5.43 Å². The van der Waals surface area contributed by atoms with Crippen LogP contribution in [0.5, 0.6) is 11.5 Å². The first-order chi connectivity index (χ1) is 14.9. The third-order valence-corrected chi connectivity index (χ3v) is 4.70. The molecule has 0 spiro atoms. The molecule has 10 heteroatoms. The summed E-state index contributed by atoms with van der Waals surface area (Å²) in [5, 5.41) is 24.5. The highest BCUT2D eigenvalue weighted by molar-refractivity contribution is 6.42. The second-order valence-corrected chi connectivity index (χ2v) is 6.86. The number of amides is 1. The SMILES string of the molecule is N#Cc1cc([N+](=O)[O-])ccc1Oc1ccc(C=NNC(=O)c2ccc(Cl)c(Cl)c2)cc1. The number of hydrazone groups is 1. The van der Waals surface area contributed by atoms with Crippen molar-refractivity contribution in [1.29, 1.82) is 5.26 Å². The Morgan fingerprint density at radius 1 is 1.10 bits per heavy atom. The average molecular weight is 455 g/mol. The number of benzene rings is 3. The van der Waals surface area contributed by atoms with Gasteiger partial charge in [-0.2, -0.15) is 10.4 Å². The van der Waals surface area contributed by atoms with E-state index in [0.717, 1.165) is 6.07 Å². The zero-order valence-corrected chi connectivity index (χ0v) is 17.1. The van der Waals surface area contributed by atoms with Crippen LogP contribution in [0, 0.1) is 21.4 Å². The van der Waals surface area contributed by atoms with Gasteiger partial charge in [-0.15, -0.1) is 0 Å². The third-order valence-electron chi connectivity index (χ3n) is 3.96. The van der Waals surface area contributed by atoms with E-state index in [1.165, 1.54) is 36.5 Å². The van der Waals surface area contributed by atoms with Crippen LogP contribution in [0.1, 0.15) is 21.5 Å². The molecule has 0 bridgehead atoms. The third kappa shape index (κ3) is 5.57. The molecule has 0 atom stereocenters. The zero-order chi connectivity index (χ0) is 22.4. The Morgan fingerprint density at radius 2 is 1.84 bits per heavy atom. The Labute approximate surface area is 186 Å². The maximum Gasteiger partial charge on any atom is 0.271 e. The number of hydrogen-bond donors (Lipinski definition) is 1. The van der Waals surface area contributed by atoms with Crippen LogP contribution in [-0.4, -0.2) is 17.0 Å². The number of rotatable bonds is 6. The molecule has 3 rings (SSSR count). The molecule has 1 amide bonds. The van der Waals surface area contributed by atoms with Gasteiger partial charge in [-0.05, 0) is 54.1 Å². The summed E-state index contributed by atoms with van der Waals surface area (Å²) in [5.74, 6) is 0.169. The fraction of sp³-hybridized carbons (Fsp3) is 0.